The Hall–Kier alpha value is -1.55. The van der Waals surface area contributed by atoms with Crippen molar-refractivity contribution in [2.45, 2.75) is 32.6 Å². The first-order valence-corrected chi connectivity index (χ1v) is 10.1. The fourth-order valence-corrected chi connectivity index (χ4v) is 3.57. The Morgan fingerprint density at radius 3 is 2.79 bits per heavy atom. The predicted molar refractivity (Wildman–Crippen MR) is 129 cm³/mol. The number of nitrogens with zero attached hydrogens (tertiary/aromatic N) is 2. The maximum absolute atomic E-state index is 11.4. The Morgan fingerprint density at radius 2 is 2.10 bits per heavy atom. The molecule has 1 aliphatic rings. The number of likely N-dealkylation sites (tertiary alicyclic amines) is 1. The zero-order valence-electron chi connectivity index (χ0n) is 17.9. The quantitative estimate of drug-likeness (QED) is 0.202. The molecule has 29 heavy (non-hydrogen) atoms. The number of nitrogens with two attached hydrogens (primary N) is 1. The van der Waals surface area contributed by atoms with Gasteiger partial charge in [0.15, 0.2) is 5.96 Å². The second-order valence-corrected chi connectivity index (χ2v) is 7.38. The van der Waals surface area contributed by atoms with Gasteiger partial charge in [-0.1, -0.05) is 12.1 Å². The number of benzene rings is 1. The molecule has 0 aromatic heterocycles. The maximum atomic E-state index is 11.4. The first-order chi connectivity index (χ1) is 13.5. The summed E-state index contributed by atoms with van der Waals surface area (Å²) in [5.41, 5.74) is 7.83. The van der Waals surface area contributed by atoms with E-state index in [0.717, 1.165) is 75.7 Å². The molecule has 0 spiro atoms. The van der Waals surface area contributed by atoms with Crippen LogP contribution in [0.2, 0.25) is 0 Å². The highest BCUT2D eigenvalue weighted by Crippen LogP contribution is 2.19. The molecule has 8 heteroatoms. The van der Waals surface area contributed by atoms with Crippen molar-refractivity contribution < 1.29 is 9.53 Å². The normalized spacial score (nSPS) is 17.3. The molecule has 1 aromatic carbocycles. The first kappa shape index (κ1) is 25.5. The molecule has 1 aromatic rings. The number of halogens is 1. The van der Waals surface area contributed by atoms with Crippen LogP contribution in [0.15, 0.2) is 23.2 Å². The summed E-state index contributed by atoms with van der Waals surface area (Å²) in [6, 6.07) is 6.31. The fraction of sp³-hybridized carbons (Fsp3) is 0.619. The SMILES string of the molecule is CN=C(NCCCN1CCCC(C(N)=O)C1)NCCc1ccc(C)c(OC)c1.I. The molecule has 0 saturated carbocycles. The van der Waals surface area contributed by atoms with E-state index in [9.17, 15) is 4.79 Å². The number of guanidine groups is 1. The summed E-state index contributed by atoms with van der Waals surface area (Å²) in [5.74, 6) is 1.58. The van der Waals surface area contributed by atoms with Gasteiger partial charge < -0.3 is 26.0 Å². The number of amides is 1. The number of methoxy groups -OCH3 is 1. The Kier molecular flexibility index (Phi) is 12.0. The molecule has 2 rings (SSSR count). The third-order valence-electron chi connectivity index (χ3n) is 5.25. The van der Waals surface area contributed by atoms with Gasteiger partial charge in [0.1, 0.15) is 5.75 Å². The number of ether oxygens (including phenoxy) is 1. The van der Waals surface area contributed by atoms with Gasteiger partial charge in [-0.25, -0.2) is 0 Å². The molecule has 0 radical (unpaired) electrons. The molecule has 0 aliphatic carbocycles. The van der Waals surface area contributed by atoms with Crippen molar-refractivity contribution in [3.05, 3.63) is 29.3 Å². The van der Waals surface area contributed by atoms with Gasteiger partial charge in [-0.15, -0.1) is 24.0 Å². The lowest BCUT2D eigenvalue weighted by molar-refractivity contribution is -0.123. The minimum Gasteiger partial charge on any atom is -0.496 e. The molecule has 1 saturated heterocycles. The molecule has 164 valence electrons. The monoisotopic (exact) mass is 517 g/mol. The minimum absolute atomic E-state index is 0. The summed E-state index contributed by atoms with van der Waals surface area (Å²) in [6.45, 7) is 6.51. The molecule has 1 fully saturated rings. The van der Waals surface area contributed by atoms with Crippen LogP contribution in [0.25, 0.3) is 0 Å². The topological polar surface area (TPSA) is 92.0 Å². The molecule has 4 N–H and O–H groups in total. The first-order valence-electron chi connectivity index (χ1n) is 10.1. The van der Waals surface area contributed by atoms with Crippen molar-refractivity contribution in [1.82, 2.24) is 15.5 Å². The van der Waals surface area contributed by atoms with Gasteiger partial charge in [-0.3, -0.25) is 9.79 Å². The summed E-state index contributed by atoms with van der Waals surface area (Å²) in [7, 11) is 3.49. The summed E-state index contributed by atoms with van der Waals surface area (Å²) in [5, 5.41) is 6.71. The average Bonchev–Trinajstić information content (AvgIpc) is 2.71. The van der Waals surface area contributed by atoms with E-state index in [2.05, 4.69) is 38.7 Å². The zero-order valence-corrected chi connectivity index (χ0v) is 20.2. The number of carbonyl (C=O) groups excluding carboxylic acids is 1. The third kappa shape index (κ3) is 8.77. The number of piperidine rings is 1. The third-order valence-corrected chi connectivity index (χ3v) is 5.25. The Morgan fingerprint density at radius 1 is 1.34 bits per heavy atom. The molecule has 0 bridgehead atoms. The maximum Gasteiger partial charge on any atom is 0.221 e. The Balaban J connectivity index is 0.00000420. The van der Waals surface area contributed by atoms with E-state index in [1.54, 1.807) is 14.2 Å². The number of aliphatic imine (C=N–C) groups is 1. The summed E-state index contributed by atoms with van der Waals surface area (Å²) < 4.78 is 5.38. The lowest BCUT2D eigenvalue weighted by Gasteiger charge is -2.31. The highest BCUT2D eigenvalue weighted by Gasteiger charge is 2.23. The standard InChI is InChI=1S/C21H35N5O2.HI/c1-16-7-8-17(14-19(16)28-3)9-11-25-21(23-2)24-10-5-13-26-12-4-6-18(15-26)20(22)27;/h7-8,14,18H,4-6,9-13,15H2,1-3H3,(H2,22,27)(H2,23,24,25);1H. The van der Waals surface area contributed by atoms with Crippen molar-refractivity contribution >= 4 is 35.8 Å². The zero-order chi connectivity index (χ0) is 20.4. The van der Waals surface area contributed by atoms with Crippen LogP contribution in [0.3, 0.4) is 0 Å². The van der Waals surface area contributed by atoms with Crippen LogP contribution in [0.5, 0.6) is 5.75 Å². The molecule has 1 atom stereocenters. The summed E-state index contributed by atoms with van der Waals surface area (Å²) in [6.07, 6.45) is 3.88. The van der Waals surface area contributed by atoms with Crippen molar-refractivity contribution in [3.63, 3.8) is 0 Å². The Labute approximate surface area is 191 Å². The van der Waals surface area contributed by atoms with Gasteiger partial charge in [-0.2, -0.15) is 0 Å². The second kappa shape index (κ2) is 13.6. The van der Waals surface area contributed by atoms with Gasteiger partial charge >= 0.3 is 0 Å². The van der Waals surface area contributed by atoms with Gasteiger partial charge in [0.05, 0.1) is 13.0 Å². The fourth-order valence-electron chi connectivity index (χ4n) is 3.57. The average molecular weight is 517 g/mol. The van der Waals surface area contributed by atoms with Gasteiger partial charge in [-0.05, 0) is 62.9 Å². The van der Waals surface area contributed by atoms with Crippen LogP contribution in [-0.2, 0) is 11.2 Å². The largest absolute Gasteiger partial charge is 0.496 e. The smallest absolute Gasteiger partial charge is 0.221 e. The molecule has 1 heterocycles. The predicted octanol–water partition coefficient (Wildman–Crippen LogP) is 1.92. The van der Waals surface area contributed by atoms with E-state index in [-0.39, 0.29) is 35.8 Å². The van der Waals surface area contributed by atoms with Crippen LogP contribution >= 0.6 is 24.0 Å². The highest BCUT2D eigenvalue weighted by molar-refractivity contribution is 14.0. The highest BCUT2D eigenvalue weighted by atomic mass is 127. The van der Waals surface area contributed by atoms with E-state index in [4.69, 9.17) is 10.5 Å². The second-order valence-electron chi connectivity index (χ2n) is 7.38. The summed E-state index contributed by atoms with van der Waals surface area (Å²) >= 11 is 0. The summed E-state index contributed by atoms with van der Waals surface area (Å²) in [4.78, 5) is 18.0. The molecule has 1 amide bonds. The Bertz CT molecular complexity index is 668. The lowest BCUT2D eigenvalue weighted by Crippen LogP contribution is -2.43. The van der Waals surface area contributed by atoms with Crippen molar-refractivity contribution in [1.29, 1.82) is 0 Å². The molecule has 1 aliphatic heterocycles. The van der Waals surface area contributed by atoms with Gasteiger partial charge in [0, 0.05) is 26.7 Å². The van der Waals surface area contributed by atoms with Crippen molar-refractivity contribution in [2.24, 2.45) is 16.6 Å². The number of hydrogen-bond donors (Lipinski definition) is 3. The molecular weight excluding hydrogens is 481 g/mol. The lowest BCUT2D eigenvalue weighted by atomic mass is 9.97. The molecule has 7 nitrogen and oxygen atoms in total. The van der Waals surface area contributed by atoms with Gasteiger partial charge in [0.2, 0.25) is 5.91 Å². The van der Waals surface area contributed by atoms with Crippen LogP contribution in [0.1, 0.15) is 30.4 Å². The van der Waals surface area contributed by atoms with E-state index in [1.165, 1.54) is 5.56 Å². The molecule has 1 unspecified atom stereocenters. The van der Waals surface area contributed by atoms with Crippen LogP contribution in [-0.4, -0.2) is 63.6 Å². The van der Waals surface area contributed by atoms with Crippen molar-refractivity contribution in [2.75, 3.05) is 46.9 Å². The number of rotatable bonds is 9. The van der Waals surface area contributed by atoms with Crippen LogP contribution in [0.4, 0.5) is 0 Å². The number of carbonyl (C=O) groups is 1. The number of hydrogen-bond acceptors (Lipinski definition) is 4. The van der Waals surface area contributed by atoms with Gasteiger partial charge in [0.25, 0.3) is 0 Å². The number of nitrogens with one attached hydrogen (secondary N) is 2. The number of aryl methyl sites for hydroxylation is 1. The van der Waals surface area contributed by atoms with E-state index < -0.39 is 0 Å². The number of primary amides is 1. The van der Waals surface area contributed by atoms with Crippen LogP contribution in [0, 0.1) is 12.8 Å². The van der Waals surface area contributed by atoms with E-state index >= 15 is 0 Å². The van der Waals surface area contributed by atoms with Crippen molar-refractivity contribution in [3.8, 4) is 5.75 Å². The van der Waals surface area contributed by atoms with E-state index in [0.29, 0.717) is 0 Å². The minimum atomic E-state index is -0.168. The van der Waals surface area contributed by atoms with Crippen LogP contribution < -0.4 is 21.1 Å². The van der Waals surface area contributed by atoms with E-state index in [1.807, 2.05) is 6.92 Å². The molecular formula is C21H36IN5O2.